The molecule has 2 atom stereocenters. The van der Waals surface area contributed by atoms with Crippen molar-refractivity contribution in [2.75, 3.05) is 26.4 Å². The van der Waals surface area contributed by atoms with Crippen molar-refractivity contribution in [3.63, 3.8) is 0 Å². The molecule has 0 amide bonds. The van der Waals surface area contributed by atoms with E-state index in [4.69, 9.17) is 24.3 Å². The number of nitrogens with two attached hydrogens (primary N) is 1. The fourth-order valence-electron chi connectivity index (χ4n) is 5.38. The first-order valence-electron chi connectivity index (χ1n) is 20.6. The molecule has 0 spiro atoms. The quantitative estimate of drug-likeness (QED) is 0.0273. The number of allylic oxidation sites excluding steroid dienone is 8. The summed E-state index contributed by atoms with van der Waals surface area (Å²) in [5.41, 5.74) is 5.34. The molecule has 3 N–H and O–H groups in total. The lowest BCUT2D eigenvalue weighted by atomic mass is 10.0. The molecule has 0 saturated heterocycles. The lowest BCUT2D eigenvalue weighted by Gasteiger charge is -2.19. The van der Waals surface area contributed by atoms with Crippen LogP contribution in [0.1, 0.15) is 174 Å². The number of carbonyl (C=O) groups excluding carboxylic acids is 2. The van der Waals surface area contributed by atoms with Crippen LogP contribution in [0.25, 0.3) is 0 Å². The molecule has 0 radical (unpaired) electrons. The highest BCUT2D eigenvalue weighted by Gasteiger charge is 2.25. The number of esters is 2. The summed E-state index contributed by atoms with van der Waals surface area (Å²) < 4.78 is 32.7. The zero-order chi connectivity index (χ0) is 38.2. The fourth-order valence-corrected chi connectivity index (χ4v) is 6.15. The van der Waals surface area contributed by atoms with Crippen LogP contribution in [-0.4, -0.2) is 49.3 Å². The molecule has 10 heteroatoms. The molecule has 0 aliphatic rings. The van der Waals surface area contributed by atoms with E-state index in [1.807, 2.05) is 0 Å². The van der Waals surface area contributed by atoms with Gasteiger partial charge in [0.05, 0.1) is 13.2 Å². The van der Waals surface area contributed by atoms with E-state index in [2.05, 4.69) is 62.5 Å². The topological polar surface area (TPSA) is 134 Å². The van der Waals surface area contributed by atoms with Gasteiger partial charge in [-0.1, -0.05) is 152 Å². The molecule has 0 rings (SSSR count). The van der Waals surface area contributed by atoms with Gasteiger partial charge in [0.15, 0.2) is 6.10 Å². The minimum atomic E-state index is -4.38. The summed E-state index contributed by atoms with van der Waals surface area (Å²) >= 11 is 0. The van der Waals surface area contributed by atoms with Gasteiger partial charge in [-0.15, -0.1) is 0 Å². The number of phosphoric ester groups is 1. The number of hydrogen-bond acceptors (Lipinski definition) is 8. The molecule has 0 bridgehead atoms. The minimum absolute atomic E-state index is 0.0471. The highest BCUT2D eigenvalue weighted by molar-refractivity contribution is 7.47. The highest BCUT2D eigenvalue weighted by atomic mass is 31.2. The van der Waals surface area contributed by atoms with E-state index >= 15 is 0 Å². The number of phosphoric acid groups is 1. The standard InChI is InChI=1S/C42H76NO8P/c1-3-5-7-9-11-13-15-17-18-19-20-21-22-23-25-27-29-31-33-35-42(45)51-40(39-50-52(46,47)49-37-36-43)38-48-41(44)34-32-30-28-26-24-16-14-12-10-8-6-4-2/h11,13,17-18,20-21,23,25,40H,3-10,12,14-16,19,22,24,26-39,43H2,1-2H3,(H,46,47). The third kappa shape index (κ3) is 37.7. The predicted molar refractivity (Wildman–Crippen MR) is 215 cm³/mol. The predicted octanol–water partition coefficient (Wildman–Crippen LogP) is 11.6. The molecule has 0 aliphatic heterocycles. The number of unbranched alkanes of at least 4 members (excludes halogenated alkanes) is 17. The third-order valence-corrected chi connectivity index (χ3v) is 9.45. The maximum atomic E-state index is 12.5. The maximum Gasteiger partial charge on any atom is 0.472 e. The van der Waals surface area contributed by atoms with Crippen LogP contribution < -0.4 is 5.73 Å². The lowest BCUT2D eigenvalue weighted by molar-refractivity contribution is -0.161. The molecule has 0 aromatic rings. The Morgan fingerprint density at radius 1 is 0.577 bits per heavy atom. The van der Waals surface area contributed by atoms with E-state index < -0.39 is 32.5 Å². The van der Waals surface area contributed by atoms with Crippen LogP contribution in [0.4, 0.5) is 0 Å². The SMILES string of the molecule is CCCCCC=CCC=CCC=CCC=CCCCCCC(=O)OC(COC(=O)CCCCCCCCCCCCCC)COP(=O)(O)OCCN. The number of rotatable bonds is 38. The van der Waals surface area contributed by atoms with Gasteiger partial charge in [0.25, 0.3) is 0 Å². The van der Waals surface area contributed by atoms with Crippen LogP contribution in [0.3, 0.4) is 0 Å². The van der Waals surface area contributed by atoms with Gasteiger partial charge in [-0.3, -0.25) is 18.6 Å². The second-order valence-corrected chi connectivity index (χ2v) is 15.0. The minimum Gasteiger partial charge on any atom is -0.462 e. The first kappa shape index (κ1) is 50.0. The van der Waals surface area contributed by atoms with E-state index in [9.17, 15) is 19.0 Å². The summed E-state index contributed by atoms with van der Waals surface area (Å²) in [6.45, 7) is 3.65. The van der Waals surface area contributed by atoms with E-state index in [1.165, 1.54) is 83.5 Å². The Morgan fingerprint density at radius 2 is 1.00 bits per heavy atom. The zero-order valence-corrected chi connectivity index (χ0v) is 33.9. The van der Waals surface area contributed by atoms with Gasteiger partial charge in [-0.05, 0) is 57.8 Å². The van der Waals surface area contributed by atoms with Gasteiger partial charge in [0.1, 0.15) is 6.61 Å². The van der Waals surface area contributed by atoms with Crippen LogP contribution in [0.5, 0.6) is 0 Å². The van der Waals surface area contributed by atoms with Crippen molar-refractivity contribution in [1.29, 1.82) is 0 Å². The zero-order valence-electron chi connectivity index (χ0n) is 33.0. The van der Waals surface area contributed by atoms with Crippen molar-refractivity contribution >= 4 is 19.8 Å². The summed E-state index contributed by atoms with van der Waals surface area (Å²) in [6.07, 6.45) is 42.8. The van der Waals surface area contributed by atoms with Crippen molar-refractivity contribution in [2.24, 2.45) is 5.73 Å². The molecule has 9 nitrogen and oxygen atoms in total. The lowest BCUT2D eigenvalue weighted by Crippen LogP contribution is -2.29. The number of hydrogen-bond donors (Lipinski definition) is 2. The van der Waals surface area contributed by atoms with Crippen LogP contribution in [0.2, 0.25) is 0 Å². The molecule has 302 valence electrons. The van der Waals surface area contributed by atoms with Crippen LogP contribution >= 0.6 is 7.82 Å². The second kappa shape index (κ2) is 38.7. The molecule has 0 saturated carbocycles. The van der Waals surface area contributed by atoms with E-state index in [0.29, 0.717) is 6.42 Å². The summed E-state index contributed by atoms with van der Waals surface area (Å²) in [7, 11) is -4.38. The fraction of sp³-hybridized carbons (Fsp3) is 0.762. The Kier molecular flexibility index (Phi) is 37.2. The highest BCUT2D eigenvalue weighted by Crippen LogP contribution is 2.43. The molecule has 0 aromatic heterocycles. The number of carbonyl (C=O) groups is 2. The molecule has 2 unspecified atom stereocenters. The summed E-state index contributed by atoms with van der Waals surface area (Å²) in [5, 5.41) is 0. The second-order valence-electron chi connectivity index (χ2n) is 13.5. The van der Waals surface area contributed by atoms with E-state index in [0.717, 1.165) is 57.8 Å². The third-order valence-electron chi connectivity index (χ3n) is 8.47. The Morgan fingerprint density at radius 3 is 1.52 bits per heavy atom. The Balaban J connectivity index is 4.25. The average Bonchev–Trinajstić information content (AvgIpc) is 3.13. The number of ether oxygens (including phenoxy) is 2. The van der Waals surface area contributed by atoms with Gasteiger partial charge in [0, 0.05) is 19.4 Å². The molecular formula is C42H76NO8P. The molecule has 0 aromatic carbocycles. The van der Waals surface area contributed by atoms with Gasteiger partial charge < -0.3 is 20.1 Å². The molecule has 0 fully saturated rings. The first-order valence-corrected chi connectivity index (χ1v) is 22.1. The van der Waals surface area contributed by atoms with E-state index in [1.54, 1.807) is 0 Å². The van der Waals surface area contributed by atoms with Crippen molar-refractivity contribution in [2.45, 2.75) is 180 Å². The van der Waals surface area contributed by atoms with Crippen molar-refractivity contribution in [3.05, 3.63) is 48.6 Å². The summed E-state index contributed by atoms with van der Waals surface area (Å²) in [5.74, 6) is -0.865. The molecular weight excluding hydrogens is 677 g/mol. The largest absolute Gasteiger partial charge is 0.472 e. The van der Waals surface area contributed by atoms with Crippen molar-refractivity contribution in [1.82, 2.24) is 0 Å². The Labute approximate surface area is 317 Å². The van der Waals surface area contributed by atoms with Crippen LogP contribution in [0.15, 0.2) is 48.6 Å². The van der Waals surface area contributed by atoms with Gasteiger partial charge in [-0.25, -0.2) is 4.57 Å². The maximum absolute atomic E-state index is 12.5. The van der Waals surface area contributed by atoms with Crippen molar-refractivity contribution in [3.8, 4) is 0 Å². The summed E-state index contributed by atoms with van der Waals surface area (Å²) in [4.78, 5) is 34.8. The monoisotopic (exact) mass is 754 g/mol. The first-order chi connectivity index (χ1) is 25.3. The van der Waals surface area contributed by atoms with Gasteiger partial charge in [-0.2, -0.15) is 0 Å². The molecule has 52 heavy (non-hydrogen) atoms. The Bertz CT molecular complexity index is 996. The van der Waals surface area contributed by atoms with Crippen LogP contribution in [-0.2, 0) is 32.7 Å². The summed E-state index contributed by atoms with van der Waals surface area (Å²) in [6, 6.07) is 0. The van der Waals surface area contributed by atoms with Gasteiger partial charge >= 0.3 is 19.8 Å². The van der Waals surface area contributed by atoms with Gasteiger partial charge in [0.2, 0.25) is 0 Å². The Hall–Kier alpha value is -2.03. The molecule has 0 aliphatic carbocycles. The van der Waals surface area contributed by atoms with E-state index in [-0.39, 0.29) is 32.6 Å². The molecule has 0 heterocycles. The smallest absolute Gasteiger partial charge is 0.462 e. The van der Waals surface area contributed by atoms with Crippen molar-refractivity contribution < 1.29 is 37.6 Å². The van der Waals surface area contributed by atoms with Crippen LogP contribution in [0, 0.1) is 0 Å². The average molecular weight is 754 g/mol. The normalized spacial score (nSPS) is 13.8.